The minimum Gasteiger partial charge on any atom is -0.335 e. The van der Waals surface area contributed by atoms with Crippen LogP contribution in [-0.4, -0.2) is 59.5 Å². The van der Waals surface area contributed by atoms with Crippen molar-refractivity contribution >= 4 is 15.9 Å². The van der Waals surface area contributed by atoms with Crippen LogP contribution in [0.1, 0.15) is 53.5 Å². The van der Waals surface area contributed by atoms with Gasteiger partial charge < -0.3 is 4.90 Å². The lowest BCUT2D eigenvalue weighted by atomic mass is 10.0. The largest absolute Gasteiger partial charge is 0.335 e. The van der Waals surface area contributed by atoms with Crippen molar-refractivity contribution in [2.45, 2.75) is 43.9 Å². The van der Waals surface area contributed by atoms with Crippen LogP contribution in [0.4, 0.5) is 0 Å². The summed E-state index contributed by atoms with van der Waals surface area (Å²) in [5, 5.41) is 4.71. The van der Waals surface area contributed by atoms with E-state index in [-0.39, 0.29) is 19.0 Å². The Morgan fingerprint density at radius 2 is 1.59 bits per heavy atom. The second-order valence-corrected chi connectivity index (χ2v) is 11.2. The highest BCUT2D eigenvalue weighted by Crippen LogP contribution is 2.29. The minimum absolute atomic E-state index is 0.105. The Labute approximate surface area is 201 Å². The van der Waals surface area contributed by atoms with Crippen LogP contribution in [0.25, 0.3) is 5.69 Å². The molecule has 2 heterocycles. The van der Waals surface area contributed by atoms with Crippen LogP contribution in [-0.2, 0) is 22.9 Å². The molecular formula is C26H30N4O3S. The monoisotopic (exact) mass is 478 g/mol. The summed E-state index contributed by atoms with van der Waals surface area (Å²) in [4.78, 5) is 15.5. The first-order chi connectivity index (χ1) is 16.4. The average Bonchev–Trinajstić information content (AvgIpc) is 3.47. The molecule has 0 atom stereocenters. The van der Waals surface area contributed by atoms with E-state index in [1.165, 1.54) is 4.31 Å². The molecule has 5 rings (SSSR count). The van der Waals surface area contributed by atoms with Crippen molar-refractivity contribution in [1.29, 1.82) is 0 Å². The molecule has 0 unspecified atom stereocenters. The van der Waals surface area contributed by atoms with Gasteiger partial charge in [0.15, 0.2) is 5.69 Å². The van der Waals surface area contributed by atoms with Gasteiger partial charge in [-0.15, -0.1) is 0 Å². The van der Waals surface area contributed by atoms with Crippen molar-refractivity contribution in [3.05, 3.63) is 77.1 Å². The van der Waals surface area contributed by atoms with E-state index < -0.39 is 10.0 Å². The van der Waals surface area contributed by atoms with Crippen LogP contribution in [0.5, 0.6) is 0 Å². The summed E-state index contributed by atoms with van der Waals surface area (Å²) in [6.07, 6.45) is 2.78. The van der Waals surface area contributed by atoms with Crippen LogP contribution < -0.4 is 0 Å². The second-order valence-electron chi connectivity index (χ2n) is 9.29. The number of hydrogen-bond acceptors (Lipinski definition) is 4. The number of amides is 1. The van der Waals surface area contributed by atoms with Crippen LogP contribution in [0.3, 0.4) is 0 Å². The summed E-state index contributed by atoms with van der Waals surface area (Å²) in [5.74, 6) is 0.240. The third kappa shape index (κ3) is 4.05. The van der Waals surface area contributed by atoms with Gasteiger partial charge in [0.05, 0.1) is 10.6 Å². The molecule has 1 aliphatic carbocycles. The zero-order chi connectivity index (χ0) is 23.9. The number of piperazine rings is 1. The van der Waals surface area contributed by atoms with Crippen LogP contribution in [0.2, 0.25) is 0 Å². The van der Waals surface area contributed by atoms with Crippen molar-refractivity contribution in [2.24, 2.45) is 0 Å². The zero-order valence-corrected chi connectivity index (χ0v) is 20.5. The van der Waals surface area contributed by atoms with Gasteiger partial charge >= 0.3 is 0 Å². The molecule has 0 N–H and O–H groups in total. The highest BCUT2D eigenvalue weighted by atomic mass is 32.2. The van der Waals surface area contributed by atoms with Crippen LogP contribution in [0, 0.1) is 0 Å². The van der Waals surface area contributed by atoms with E-state index in [9.17, 15) is 13.2 Å². The molecule has 2 aromatic carbocycles. The quantitative estimate of drug-likeness (QED) is 0.561. The van der Waals surface area contributed by atoms with E-state index in [2.05, 4.69) is 13.8 Å². The predicted octanol–water partition coefficient (Wildman–Crippen LogP) is 3.63. The average molecular weight is 479 g/mol. The summed E-state index contributed by atoms with van der Waals surface area (Å²) in [6, 6.07) is 17.0. The molecule has 0 spiro atoms. The van der Waals surface area contributed by atoms with E-state index in [1.54, 1.807) is 17.0 Å². The topological polar surface area (TPSA) is 75.5 Å². The molecule has 1 amide bonds. The fourth-order valence-electron chi connectivity index (χ4n) is 4.85. The highest BCUT2D eigenvalue weighted by Gasteiger charge is 2.34. The zero-order valence-electron chi connectivity index (χ0n) is 19.6. The Morgan fingerprint density at radius 3 is 2.24 bits per heavy atom. The molecule has 1 aliphatic heterocycles. The van der Waals surface area contributed by atoms with Crippen LogP contribution >= 0.6 is 0 Å². The van der Waals surface area contributed by atoms with Gasteiger partial charge in [0.25, 0.3) is 5.91 Å². The first-order valence-corrected chi connectivity index (χ1v) is 13.4. The number of benzene rings is 2. The third-order valence-corrected chi connectivity index (χ3v) is 8.76. The summed E-state index contributed by atoms with van der Waals surface area (Å²) in [7, 11) is -3.58. The number of fused-ring (bicyclic) bond motifs is 1. The molecular weight excluding hydrogens is 448 g/mol. The molecule has 1 saturated heterocycles. The number of nitrogens with zero attached hydrogens (tertiary/aromatic N) is 4. The summed E-state index contributed by atoms with van der Waals surface area (Å²) in [5.41, 5.74) is 4.72. The number of carbonyl (C=O) groups is 1. The fraction of sp³-hybridized carbons (Fsp3) is 0.385. The molecule has 34 heavy (non-hydrogen) atoms. The molecule has 0 bridgehead atoms. The van der Waals surface area contributed by atoms with Crippen molar-refractivity contribution in [1.82, 2.24) is 19.0 Å². The Kier molecular flexibility index (Phi) is 6.04. The summed E-state index contributed by atoms with van der Waals surface area (Å²) < 4.78 is 29.7. The lowest BCUT2D eigenvalue weighted by Crippen LogP contribution is -2.50. The first kappa shape index (κ1) is 22.8. The van der Waals surface area contributed by atoms with Gasteiger partial charge in [-0.2, -0.15) is 9.40 Å². The van der Waals surface area contributed by atoms with Crippen molar-refractivity contribution in [2.75, 3.05) is 26.2 Å². The summed E-state index contributed by atoms with van der Waals surface area (Å²) >= 11 is 0. The maximum absolute atomic E-state index is 13.4. The predicted molar refractivity (Wildman–Crippen MR) is 131 cm³/mol. The highest BCUT2D eigenvalue weighted by molar-refractivity contribution is 7.89. The van der Waals surface area contributed by atoms with Gasteiger partial charge in [-0.3, -0.25) is 4.79 Å². The number of rotatable bonds is 5. The van der Waals surface area contributed by atoms with E-state index in [1.807, 2.05) is 47.1 Å². The van der Waals surface area contributed by atoms with Crippen molar-refractivity contribution < 1.29 is 13.2 Å². The molecule has 7 nitrogen and oxygen atoms in total. The van der Waals surface area contributed by atoms with E-state index in [0.717, 1.165) is 41.8 Å². The molecule has 2 aliphatic rings. The van der Waals surface area contributed by atoms with Gasteiger partial charge in [-0.25, -0.2) is 13.1 Å². The minimum atomic E-state index is -3.58. The molecule has 0 radical (unpaired) electrons. The van der Waals surface area contributed by atoms with Crippen LogP contribution in [0.15, 0.2) is 59.5 Å². The smallest absolute Gasteiger partial charge is 0.274 e. The molecule has 8 heteroatoms. The fourth-order valence-corrected chi connectivity index (χ4v) is 6.27. The number of hydrogen-bond donors (Lipinski definition) is 0. The lowest BCUT2D eigenvalue weighted by Gasteiger charge is -2.33. The molecule has 3 aromatic rings. The molecule has 1 aromatic heterocycles. The van der Waals surface area contributed by atoms with E-state index in [0.29, 0.717) is 29.6 Å². The van der Waals surface area contributed by atoms with Crippen molar-refractivity contribution in [3.63, 3.8) is 0 Å². The van der Waals surface area contributed by atoms with E-state index in [4.69, 9.17) is 5.10 Å². The van der Waals surface area contributed by atoms with Gasteiger partial charge in [0.2, 0.25) is 10.0 Å². The van der Waals surface area contributed by atoms with Gasteiger partial charge in [-0.1, -0.05) is 44.2 Å². The first-order valence-electron chi connectivity index (χ1n) is 11.9. The second kappa shape index (κ2) is 9.00. The SMILES string of the molecule is CC(C)c1ccc(S(=O)(=O)N2CCN(C(=O)c3nn(-c4ccccc4)c4c3CCC4)CC2)cc1. The maximum atomic E-state index is 13.4. The van der Waals surface area contributed by atoms with Gasteiger partial charge in [0.1, 0.15) is 0 Å². The number of aromatic nitrogens is 2. The molecule has 178 valence electrons. The Balaban J connectivity index is 1.31. The Bertz CT molecular complexity index is 1290. The molecule has 0 saturated carbocycles. The lowest BCUT2D eigenvalue weighted by molar-refractivity contribution is 0.0690. The normalized spacial score (nSPS) is 16.7. The molecule has 1 fully saturated rings. The Hall–Kier alpha value is -2.97. The standard InChI is InChI=1S/C26H30N4O3S/c1-19(2)20-11-13-22(14-12-20)34(32,33)29-17-15-28(16-18-29)26(31)25-23-9-6-10-24(23)30(27-25)21-7-4-3-5-8-21/h3-5,7-8,11-14,19H,6,9-10,15-18H2,1-2H3. The number of sulfonamides is 1. The van der Waals surface area contributed by atoms with Gasteiger partial charge in [0, 0.05) is 37.4 Å². The number of carbonyl (C=O) groups excluding carboxylic acids is 1. The van der Waals surface area contributed by atoms with Gasteiger partial charge in [-0.05, 0) is 55.0 Å². The Morgan fingerprint density at radius 1 is 0.912 bits per heavy atom. The third-order valence-electron chi connectivity index (χ3n) is 6.84. The maximum Gasteiger partial charge on any atom is 0.274 e. The van der Waals surface area contributed by atoms with Crippen molar-refractivity contribution in [3.8, 4) is 5.69 Å². The number of para-hydroxylation sites is 1. The van der Waals surface area contributed by atoms with E-state index >= 15 is 0 Å². The summed E-state index contributed by atoms with van der Waals surface area (Å²) in [6.45, 7) is 5.43.